The van der Waals surface area contributed by atoms with E-state index in [1.165, 1.54) is 64.1 Å². The Morgan fingerprint density at radius 3 is 2.02 bits per heavy atom. The molecule has 5 aromatic rings. The van der Waals surface area contributed by atoms with E-state index in [0.717, 1.165) is 19.9 Å². The average molecular weight is 1140 g/mol. The van der Waals surface area contributed by atoms with Crippen LogP contribution in [0.3, 0.4) is 0 Å². The Balaban J connectivity index is 1.15. The van der Waals surface area contributed by atoms with E-state index in [1.807, 2.05) is 0 Å². The Labute approximate surface area is 465 Å². The number of esters is 5. The van der Waals surface area contributed by atoms with Gasteiger partial charge in [0.25, 0.3) is 11.8 Å². The second-order valence-corrected chi connectivity index (χ2v) is 21.4. The van der Waals surface area contributed by atoms with Crippen molar-refractivity contribution in [2.24, 2.45) is 16.7 Å². The molecule has 23 heteroatoms. The molecule has 4 aliphatic rings. The Bertz CT molecular complexity index is 3520. The van der Waals surface area contributed by atoms with Crippen molar-refractivity contribution in [1.29, 1.82) is 0 Å². The van der Waals surface area contributed by atoms with Crippen molar-refractivity contribution in [3.05, 3.63) is 159 Å². The van der Waals surface area contributed by atoms with Gasteiger partial charge in [0.1, 0.15) is 42.1 Å². The summed E-state index contributed by atoms with van der Waals surface area (Å²) >= 11 is 0. The van der Waals surface area contributed by atoms with Gasteiger partial charge in [-0.05, 0) is 67.0 Å². The smallest absolute Gasteiger partial charge is 0.349 e. The highest BCUT2D eigenvalue weighted by Crippen LogP contribution is 2.65. The zero-order valence-corrected chi connectivity index (χ0v) is 44.9. The topological polar surface area (TPSA) is 307 Å². The summed E-state index contributed by atoms with van der Waals surface area (Å²) in [5.74, 6) is -15.1. The Morgan fingerprint density at radius 1 is 0.805 bits per heavy atom. The minimum Gasteiger partial charge on any atom is -0.503 e. The summed E-state index contributed by atoms with van der Waals surface area (Å²) in [5.41, 5.74) is -11.9. The van der Waals surface area contributed by atoms with Gasteiger partial charge in [0.15, 0.2) is 40.7 Å². The summed E-state index contributed by atoms with van der Waals surface area (Å²) in [6.45, 7) is 6.07. The van der Waals surface area contributed by atoms with Gasteiger partial charge in [0, 0.05) is 43.1 Å². The zero-order chi connectivity index (χ0) is 59.4. The third kappa shape index (κ3) is 10.1. The number of fused-ring (bicyclic) bond motifs is 6. The summed E-state index contributed by atoms with van der Waals surface area (Å²) in [4.78, 5) is 127. The number of Topliss-reactive ketones (excluding diaryl/α,β-unsaturated/α-hetero) is 1. The minimum absolute atomic E-state index is 0.0154. The van der Waals surface area contributed by atoms with Crippen molar-refractivity contribution < 1.29 is 95.3 Å². The first kappa shape index (κ1) is 58.0. The van der Waals surface area contributed by atoms with Gasteiger partial charge in [0.2, 0.25) is 5.82 Å². The predicted octanol–water partition coefficient (Wildman–Crippen LogP) is 4.81. The third-order valence-corrected chi connectivity index (χ3v) is 16.3. The fraction of sp³-hybridized carbons (Fsp3) is 0.373. The van der Waals surface area contributed by atoms with Crippen LogP contribution in [0.15, 0.2) is 123 Å². The lowest BCUT2D eigenvalue weighted by atomic mass is 9.44. The Kier molecular flexibility index (Phi) is 15.6. The number of aromatic hydroxyl groups is 1. The molecular formula is C59H56F2N2O19. The Morgan fingerprint density at radius 2 is 1.43 bits per heavy atom. The van der Waals surface area contributed by atoms with Crippen LogP contribution in [0.5, 0.6) is 5.75 Å². The number of aliphatic hydroxyl groups is 2. The van der Waals surface area contributed by atoms with Crippen LogP contribution in [-0.2, 0) is 52.4 Å². The molecule has 3 aliphatic carbocycles. The van der Waals surface area contributed by atoms with Crippen LogP contribution >= 0.6 is 0 Å². The number of nitrogens with one attached hydrogen (secondary N) is 2. The van der Waals surface area contributed by atoms with Gasteiger partial charge in [-0.2, -0.15) is 4.39 Å². The van der Waals surface area contributed by atoms with E-state index in [0.29, 0.717) is 6.07 Å². The molecule has 2 amide bonds. The predicted molar refractivity (Wildman–Crippen MR) is 278 cm³/mol. The van der Waals surface area contributed by atoms with Crippen LogP contribution in [0.25, 0.3) is 11.0 Å². The van der Waals surface area contributed by atoms with E-state index in [9.17, 15) is 62.5 Å². The molecule has 0 unspecified atom stereocenters. The highest BCUT2D eigenvalue weighted by Gasteiger charge is 2.79. The maximum atomic E-state index is 16.3. The molecule has 3 fully saturated rings. The lowest BCUT2D eigenvalue weighted by Gasteiger charge is -2.67. The van der Waals surface area contributed by atoms with E-state index in [1.54, 1.807) is 54.6 Å². The fourth-order valence-corrected chi connectivity index (χ4v) is 12.1. The maximum Gasteiger partial charge on any atom is 0.349 e. The number of ether oxygens (including phenoxy) is 6. The first-order valence-corrected chi connectivity index (χ1v) is 25.9. The van der Waals surface area contributed by atoms with Gasteiger partial charge in [-0.3, -0.25) is 28.8 Å². The van der Waals surface area contributed by atoms with E-state index in [-0.39, 0.29) is 27.8 Å². The van der Waals surface area contributed by atoms with E-state index < -0.39 is 184 Å². The second-order valence-electron chi connectivity index (χ2n) is 21.4. The number of phenolic OH excluding ortho intramolecular Hbond substituents is 1. The largest absolute Gasteiger partial charge is 0.503 e. The second kappa shape index (κ2) is 22.0. The molecule has 1 saturated heterocycles. The summed E-state index contributed by atoms with van der Waals surface area (Å²) in [6.07, 6.45) is -12.3. The molecule has 21 nitrogen and oxygen atoms in total. The Hall–Kier alpha value is -8.67. The van der Waals surface area contributed by atoms with Crippen LogP contribution in [0.1, 0.15) is 97.1 Å². The number of benzene rings is 4. The van der Waals surface area contributed by atoms with Crippen LogP contribution in [0.2, 0.25) is 0 Å². The molecule has 0 radical (unpaired) electrons. The van der Waals surface area contributed by atoms with Crippen molar-refractivity contribution in [3.8, 4) is 5.75 Å². The molecule has 2 saturated carbocycles. The van der Waals surface area contributed by atoms with Gasteiger partial charge in [-0.15, -0.1) is 0 Å². The number of amides is 2. The summed E-state index contributed by atoms with van der Waals surface area (Å²) in [6, 6.07) is 23.3. The third-order valence-electron chi connectivity index (χ3n) is 16.3. The molecular weight excluding hydrogens is 1080 g/mol. The molecule has 9 rings (SSSR count). The number of halogens is 2. The highest BCUT2D eigenvalue weighted by atomic mass is 19.1. The fourth-order valence-electron chi connectivity index (χ4n) is 12.1. The van der Waals surface area contributed by atoms with Crippen molar-refractivity contribution in [2.75, 3.05) is 13.2 Å². The molecule has 1 aliphatic heterocycles. The SMILES string of the molecule is CC(=O)O[C@H]1C(=O)[C@]2(C)[C@@H](OC(=O)CNC(=O)c3cc4cc(F)c(O)c(F)c4oc3=O)C[C@H]3OC[C@@]3(OC(C)=O)[C@H]2[C@H](OC(=O)c2ccccc2)[C@]2(O)C[C@H](OC(=O)[C@H](O)[C@@H](NC(=O)c3ccccc3)c3ccccc3)C(C)=C1C2(C)C. The van der Waals surface area contributed by atoms with Crippen molar-refractivity contribution >= 4 is 58.4 Å². The molecule has 2 heterocycles. The molecule has 5 N–H and O–H groups in total. The first-order chi connectivity index (χ1) is 38.7. The number of carbonyl (C=O) groups is 8. The van der Waals surface area contributed by atoms with E-state index in [2.05, 4.69) is 10.6 Å². The summed E-state index contributed by atoms with van der Waals surface area (Å²) in [7, 11) is 0. The molecule has 430 valence electrons. The van der Waals surface area contributed by atoms with Crippen molar-refractivity contribution in [2.45, 2.75) is 108 Å². The number of phenols is 1. The maximum absolute atomic E-state index is 16.3. The van der Waals surface area contributed by atoms with Crippen LogP contribution in [-0.4, -0.2) is 124 Å². The summed E-state index contributed by atoms with van der Waals surface area (Å²) < 4.78 is 70.6. The molecule has 82 heavy (non-hydrogen) atoms. The molecule has 11 atom stereocenters. The van der Waals surface area contributed by atoms with Crippen LogP contribution in [0.4, 0.5) is 8.78 Å². The van der Waals surface area contributed by atoms with E-state index in [4.69, 9.17) is 32.8 Å². The number of hydrogen-bond donors (Lipinski definition) is 5. The number of aliphatic hydroxyl groups excluding tert-OH is 1. The standard InChI is InChI=1S/C59H56F2N2O19/c1-28-37(78-55(74)45(68)43(31-16-10-7-11-17-31)63-51(70)32-18-12-8-13-19-32)25-59(75)50(81-53(72)33-20-14-9-15-21-33)48-57(6,49(69)47(77-29(2)64)41(28)56(59,4)5)38(24-39-58(48,27-76-39)82-30(3)65)79-40(66)26-62-52(71)35-22-34-23-36(60)44(67)42(61)46(34)80-54(35)73/h7-23,37-39,43,45,47-48,50,67-68,75H,24-27H2,1-6H3,(H,62,71)(H,63,70)/t37-,38-,39+,43-,45+,47+,48-,50-,57+,58-,59+/m0/s1. The minimum atomic E-state index is -2.63. The number of ketones is 1. The average Bonchev–Trinajstić information content (AvgIpc) is 1.63. The van der Waals surface area contributed by atoms with Crippen LogP contribution in [0, 0.1) is 28.4 Å². The molecule has 0 spiro atoms. The van der Waals surface area contributed by atoms with Gasteiger partial charge in [0.05, 0.1) is 29.5 Å². The van der Waals surface area contributed by atoms with Crippen molar-refractivity contribution in [3.63, 3.8) is 0 Å². The summed E-state index contributed by atoms with van der Waals surface area (Å²) in [5, 5.41) is 40.1. The van der Waals surface area contributed by atoms with Crippen LogP contribution < -0.4 is 16.3 Å². The lowest BCUT2D eigenvalue weighted by molar-refractivity contribution is -0.346. The number of hydrogen-bond acceptors (Lipinski definition) is 19. The normalized spacial score (nSPS) is 26.8. The molecule has 4 aromatic carbocycles. The van der Waals surface area contributed by atoms with Gasteiger partial charge < -0.3 is 58.8 Å². The van der Waals surface area contributed by atoms with Gasteiger partial charge in [-0.25, -0.2) is 18.8 Å². The zero-order valence-electron chi connectivity index (χ0n) is 44.9. The lowest BCUT2D eigenvalue weighted by Crippen LogP contribution is -2.82. The monoisotopic (exact) mass is 1130 g/mol. The van der Waals surface area contributed by atoms with Crippen molar-refractivity contribution in [1.82, 2.24) is 10.6 Å². The number of rotatable bonds is 14. The quantitative estimate of drug-likeness (QED) is 0.0431. The van der Waals surface area contributed by atoms with Gasteiger partial charge >= 0.3 is 35.5 Å². The molecule has 1 aromatic heterocycles. The number of carbonyl (C=O) groups excluding carboxylic acids is 8. The van der Waals surface area contributed by atoms with E-state index >= 15 is 4.79 Å². The first-order valence-electron chi connectivity index (χ1n) is 25.9. The molecule has 2 bridgehead atoms. The highest BCUT2D eigenvalue weighted by molar-refractivity contribution is 5.99. The van der Waals surface area contributed by atoms with Gasteiger partial charge in [-0.1, -0.05) is 80.6 Å².